The summed E-state index contributed by atoms with van der Waals surface area (Å²) in [6, 6.07) is 81.7. The monoisotopic (exact) mass is 980 g/mol. The van der Waals surface area contributed by atoms with Crippen molar-refractivity contribution in [2.45, 2.75) is 11.8 Å². The molecule has 0 aliphatic heterocycles. The first-order chi connectivity index (χ1) is 36.6. The van der Waals surface area contributed by atoms with Crippen molar-refractivity contribution in [3.63, 3.8) is 0 Å². The second-order valence-corrected chi connectivity index (χ2v) is 21.1. The first kappa shape index (κ1) is 42.6. The minimum Gasteiger partial charge on any atom is -0.208 e. The first-order valence-electron chi connectivity index (χ1n) is 24.8. The van der Waals surface area contributed by atoms with Crippen LogP contribution in [-0.4, -0.2) is 29.9 Å². The van der Waals surface area contributed by atoms with Crippen molar-refractivity contribution in [1.82, 2.24) is 29.9 Å². The Hall–Kier alpha value is -9.08. The Kier molecular flexibility index (Phi) is 9.96. The molecule has 0 N–H and O–H groups in total. The second kappa shape index (κ2) is 17.3. The van der Waals surface area contributed by atoms with Crippen LogP contribution in [0.2, 0.25) is 0 Å². The van der Waals surface area contributed by atoms with Crippen LogP contribution in [0.4, 0.5) is 0 Å². The predicted octanol–water partition coefficient (Wildman–Crippen LogP) is 16.8. The minimum atomic E-state index is 0.000716. The highest BCUT2D eigenvalue weighted by molar-refractivity contribution is 7.22. The summed E-state index contributed by atoms with van der Waals surface area (Å²) in [5.41, 5.74) is 15.7. The van der Waals surface area contributed by atoms with Crippen molar-refractivity contribution in [1.29, 1.82) is 0 Å². The van der Waals surface area contributed by atoms with Gasteiger partial charge in [-0.2, -0.15) is 0 Å². The smallest absolute Gasteiger partial charge is 0.164 e. The highest BCUT2D eigenvalue weighted by Gasteiger charge is 2.41. The fourth-order valence-corrected chi connectivity index (χ4v) is 13.4. The third-order valence-corrected chi connectivity index (χ3v) is 16.9. The van der Waals surface area contributed by atoms with Gasteiger partial charge in [-0.05, 0) is 80.6 Å². The number of thiophene rings is 2. The zero-order valence-corrected chi connectivity index (χ0v) is 41.2. The molecule has 13 aromatic rings. The summed E-state index contributed by atoms with van der Waals surface area (Å²) in [5, 5.41) is 2.45. The van der Waals surface area contributed by atoms with Gasteiger partial charge in [0, 0.05) is 75.5 Å². The fourth-order valence-electron chi connectivity index (χ4n) is 11.2. The van der Waals surface area contributed by atoms with Crippen molar-refractivity contribution in [2.24, 2.45) is 0 Å². The first-order valence-corrected chi connectivity index (χ1v) is 26.5. The van der Waals surface area contributed by atoms with E-state index in [1.807, 2.05) is 36.4 Å². The largest absolute Gasteiger partial charge is 0.208 e. The summed E-state index contributed by atoms with van der Waals surface area (Å²) in [5.74, 6) is 3.85. The molecule has 3 aliphatic rings. The minimum absolute atomic E-state index is 0.000716. The summed E-state index contributed by atoms with van der Waals surface area (Å²) in [7, 11) is 0. The van der Waals surface area contributed by atoms with Crippen LogP contribution in [0.15, 0.2) is 231 Å². The average Bonchev–Trinajstić information content (AvgIpc) is 4.16. The molecule has 8 heteroatoms. The van der Waals surface area contributed by atoms with E-state index < -0.39 is 0 Å². The topological polar surface area (TPSA) is 77.3 Å². The maximum absolute atomic E-state index is 5.34. The lowest BCUT2D eigenvalue weighted by molar-refractivity contribution is 0.754. The van der Waals surface area contributed by atoms with Gasteiger partial charge in [0.25, 0.3) is 0 Å². The van der Waals surface area contributed by atoms with E-state index in [2.05, 4.69) is 194 Å². The normalized spacial score (nSPS) is 14.2. The molecule has 4 aromatic heterocycles. The Morgan fingerprint density at radius 2 is 0.581 bits per heavy atom. The molecular formula is C66H40N6S2. The third-order valence-electron chi connectivity index (χ3n) is 14.6. The van der Waals surface area contributed by atoms with E-state index in [4.69, 9.17) is 29.9 Å². The van der Waals surface area contributed by atoms with Crippen LogP contribution in [0.25, 0.3) is 109 Å². The number of fused-ring (bicyclic) bond motifs is 2. The van der Waals surface area contributed by atoms with Gasteiger partial charge in [0.1, 0.15) is 0 Å². The van der Waals surface area contributed by atoms with Crippen LogP contribution < -0.4 is 0 Å². The van der Waals surface area contributed by atoms with Crippen molar-refractivity contribution in [2.75, 3.05) is 0 Å². The molecule has 74 heavy (non-hydrogen) atoms. The molecule has 0 radical (unpaired) electrons. The number of rotatable bonds is 8. The summed E-state index contributed by atoms with van der Waals surface area (Å²) in [6.07, 6.45) is 0. The Bertz CT molecular complexity index is 4010. The third kappa shape index (κ3) is 7.13. The van der Waals surface area contributed by atoms with Gasteiger partial charge in [-0.3, -0.25) is 0 Å². The highest BCUT2D eigenvalue weighted by Crippen LogP contribution is 2.57. The zero-order valence-electron chi connectivity index (χ0n) is 39.6. The van der Waals surface area contributed by atoms with Gasteiger partial charge in [-0.1, -0.05) is 194 Å². The predicted molar refractivity (Wildman–Crippen MR) is 302 cm³/mol. The molecule has 4 heterocycles. The summed E-state index contributed by atoms with van der Waals surface area (Å²) >= 11 is 3.58. The molecule has 6 nitrogen and oxygen atoms in total. The molecule has 0 spiro atoms. The molecule has 2 unspecified atom stereocenters. The lowest BCUT2D eigenvalue weighted by atomic mass is 9.61. The summed E-state index contributed by atoms with van der Waals surface area (Å²) in [6.45, 7) is 0. The van der Waals surface area contributed by atoms with Crippen molar-refractivity contribution in [3.05, 3.63) is 264 Å². The van der Waals surface area contributed by atoms with Gasteiger partial charge in [0.05, 0.1) is 0 Å². The molecule has 0 fully saturated rings. The Balaban J connectivity index is 0.854. The van der Waals surface area contributed by atoms with E-state index >= 15 is 0 Å². The number of nitrogens with zero attached hydrogens (tertiary/aromatic N) is 6. The molecule has 3 aliphatic carbocycles. The SMILES string of the molecule is c1ccc(-c2nc(-c3ccc4c(c3)C3c5ccccc5C4c4cc(-c5nc(-c6ccccc6)nc(-c6ccccc6-c6cc7ccccc7s6)n5)ccc43)nc(-c3ccccc3-c3cc4ccccc4s3)n2)cc1. The van der Waals surface area contributed by atoms with Gasteiger partial charge in [0.15, 0.2) is 34.9 Å². The van der Waals surface area contributed by atoms with E-state index in [9.17, 15) is 0 Å². The van der Waals surface area contributed by atoms with Crippen LogP contribution in [0.3, 0.4) is 0 Å². The lowest BCUT2D eigenvalue weighted by Gasteiger charge is -2.42. The number of aromatic nitrogens is 6. The molecule has 2 atom stereocenters. The average molecular weight is 981 g/mol. The fraction of sp³-hybridized carbons (Fsp3) is 0.0303. The van der Waals surface area contributed by atoms with E-state index in [1.54, 1.807) is 22.7 Å². The van der Waals surface area contributed by atoms with Crippen molar-refractivity contribution < 1.29 is 0 Å². The molecule has 16 rings (SSSR count). The van der Waals surface area contributed by atoms with Crippen LogP contribution in [-0.2, 0) is 0 Å². The van der Waals surface area contributed by atoms with Crippen molar-refractivity contribution in [3.8, 4) is 89.2 Å². The van der Waals surface area contributed by atoms with Crippen LogP contribution >= 0.6 is 22.7 Å². The quantitative estimate of drug-likeness (QED) is 0.151. The van der Waals surface area contributed by atoms with Crippen molar-refractivity contribution >= 4 is 42.8 Å². The lowest BCUT2D eigenvalue weighted by Crippen LogP contribution is -2.27. The van der Waals surface area contributed by atoms with Gasteiger partial charge in [-0.25, -0.2) is 29.9 Å². The van der Waals surface area contributed by atoms with Crippen LogP contribution in [0.1, 0.15) is 45.2 Å². The highest BCUT2D eigenvalue weighted by atomic mass is 32.1. The maximum atomic E-state index is 5.34. The van der Waals surface area contributed by atoms with Gasteiger partial charge >= 0.3 is 0 Å². The number of benzene rings is 9. The summed E-state index contributed by atoms with van der Waals surface area (Å²) in [4.78, 5) is 33.9. The van der Waals surface area contributed by atoms with Gasteiger partial charge in [0.2, 0.25) is 0 Å². The van der Waals surface area contributed by atoms with Crippen LogP contribution in [0.5, 0.6) is 0 Å². The number of hydrogen-bond acceptors (Lipinski definition) is 8. The van der Waals surface area contributed by atoms with Crippen LogP contribution in [0, 0.1) is 0 Å². The molecule has 2 bridgehead atoms. The standard InChI is InChI=1S/C66H40N6S2/c1-3-17-39(18-4-1)61-67-63(71-65(69-61)51-27-13-9-23-45(51)57-37-41-21-7-15-29-55(41)73-57)43-31-33-49-53(35-43)59-47-25-11-12-26-48(47)60(49)54-36-44(32-34-50(54)59)64-68-62(40-19-5-2-6-20-40)70-66(72-64)52-28-14-10-24-46(52)58-38-42-22-8-16-30-56(42)74-58/h1-38,59-60H. The Labute approximate surface area is 435 Å². The molecule has 9 aromatic carbocycles. The Morgan fingerprint density at radius 3 is 1.01 bits per heavy atom. The summed E-state index contributed by atoms with van der Waals surface area (Å²) < 4.78 is 2.50. The maximum Gasteiger partial charge on any atom is 0.164 e. The molecule has 346 valence electrons. The second-order valence-electron chi connectivity index (χ2n) is 18.9. The number of hydrogen-bond donors (Lipinski definition) is 0. The molecule has 0 amide bonds. The molecule has 0 saturated heterocycles. The van der Waals surface area contributed by atoms with Gasteiger partial charge in [-0.15, -0.1) is 22.7 Å². The molecule has 0 saturated carbocycles. The Morgan fingerprint density at radius 1 is 0.243 bits per heavy atom. The molecular weight excluding hydrogens is 941 g/mol. The van der Waals surface area contributed by atoms with E-state index in [0.29, 0.717) is 34.9 Å². The zero-order chi connectivity index (χ0) is 48.7. The van der Waals surface area contributed by atoms with E-state index in [-0.39, 0.29) is 11.8 Å². The van der Waals surface area contributed by atoms with Gasteiger partial charge < -0.3 is 0 Å². The van der Waals surface area contributed by atoms with E-state index in [0.717, 1.165) is 44.5 Å². The van der Waals surface area contributed by atoms with E-state index in [1.165, 1.54) is 63.3 Å².